The number of hydrogen-bond donors (Lipinski definition) is 0. The fourth-order valence-electron chi connectivity index (χ4n) is 1.91. The fraction of sp³-hybridized carbons (Fsp3) is 0.417. The molecule has 78 valence electrons. The van der Waals surface area contributed by atoms with Gasteiger partial charge in [0.25, 0.3) is 0 Å². The van der Waals surface area contributed by atoms with Crippen molar-refractivity contribution in [2.45, 2.75) is 19.1 Å². The van der Waals surface area contributed by atoms with Gasteiger partial charge < -0.3 is 9.47 Å². The lowest BCUT2D eigenvalue weighted by Gasteiger charge is -2.32. The Morgan fingerprint density at radius 2 is 2.33 bits per heavy atom. The van der Waals surface area contributed by atoms with Gasteiger partial charge in [-0.05, 0) is 12.5 Å². The van der Waals surface area contributed by atoms with Crippen molar-refractivity contribution in [2.24, 2.45) is 0 Å². The molecule has 1 unspecified atom stereocenters. The Morgan fingerprint density at radius 3 is 3.07 bits per heavy atom. The zero-order valence-corrected chi connectivity index (χ0v) is 8.69. The van der Waals surface area contributed by atoms with E-state index < -0.39 is 5.60 Å². The van der Waals surface area contributed by atoms with Crippen LogP contribution in [0.2, 0.25) is 0 Å². The Balaban J connectivity index is 2.48. The summed E-state index contributed by atoms with van der Waals surface area (Å²) >= 11 is 0. The molecular weight excluding hydrogens is 190 g/mol. The monoisotopic (exact) mass is 203 g/mol. The maximum Gasteiger partial charge on any atom is 0.203 e. The van der Waals surface area contributed by atoms with Gasteiger partial charge in [0.2, 0.25) is 5.60 Å². The Labute approximate surface area is 89.2 Å². The third-order valence-corrected chi connectivity index (χ3v) is 2.59. The second-order valence-corrected chi connectivity index (χ2v) is 3.52. The summed E-state index contributed by atoms with van der Waals surface area (Å²) in [5.41, 5.74) is 1.07. The van der Waals surface area contributed by atoms with Crippen LogP contribution >= 0.6 is 0 Å². The third kappa shape index (κ3) is 1.63. The molecule has 2 rings (SSSR count). The lowest BCUT2D eigenvalue weighted by Crippen LogP contribution is -2.37. The molecule has 0 aliphatic carbocycles. The van der Waals surface area contributed by atoms with E-state index in [9.17, 15) is 5.26 Å². The van der Waals surface area contributed by atoms with Crippen LogP contribution in [0.1, 0.15) is 18.1 Å². The first-order chi connectivity index (χ1) is 7.32. The second-order valence-electron chi connectivity index (χ2n) is 3.52. The first-order valence-corrected chi connectivity index (χ1v) is 5.04. The maximum absolute atomic E-state index is 9.26. The van der Waals surface area contributed by atoms with E-state index in [1.54, 1.807) is 0 Å². The number of fused-ring (bicyclic) bond motifs is 1. The molecule has 0 amide bonds. The molecule has 0 N–H and O–H groups in total. The van der Waals surface area contributed by atoms with Gasteiger partial charge in [-0.2, -0.15) is 5.26 Å². The van der Waals surface area contributed by atoms with E-state index >= 15 is 0 Å². The molecule has 0 radical (unpaired) electrons. The molecule has 0 aromatic heterocycles. The topological polar surface area (TPSA) is 42.2 Å². The molecule has 3 heteroatoms. The second kappa shape index (κ2) is 4.01. The van der Waals surface area contributed by atoms with Crippen LogP contribution in [0.3, 0.4) is 0 Å². The summed E-state index contributed by atoms with van der Waals surface area (Å²) in [5.74, 6) is 0. The first-order valence-electron chi connectivity index (χ1n) is 5.04. The van der Waals surface area contributed by atoms with Gasteiger partial charge >= 0.3 is 0 Å². The molecule has 1 heterocycles. The van der Waals surface area contributed by atoms with Gasteiger partial charge in [-0.1, -0.05) is 24.3 Å². The molecule has 0 fully saturated rings. The molecule has 0 bridgehead atoms. The molecule has 0 saturated carbocycles. The molecule has 1 aromatic carbocycles. The highest BCUT2D eigenvalue weighted by molar-refractivity contribution is 5.38. The largest absolute Gasteiger partial charge is 0.372 e. The summed E-state index contributed by atoms with van der Waals surface area (Å²) < 4.78 is 11.0. The van der Waals surface area contributed by atoms with E-state index in [1.807, 2.05) is 31.2 Å². The molecule has 3 nitrogen and oxygen atoms in total. The summed E-state index contributed by atoms with van der Waals surface area (Å²) in [6.07, 6.45) is 0. The predicted octanol–water partition coefficient (Wildman–Crippen LogP) is 1.97. The zero-order valence-electron chi connectivity index (χ0n) is 8.69. The predicted molar refractivity (Wildman–Crippen MR) is 55.0 cm³/mol. The summed E-state index contributed by atoms with van der Waals surface area (Å²) in [7, 11) is 0. The Morgan fingerprint density at radius 1 is 1.53 bits per heavy atom. The molecular formula is C12H13NO2. The average molecular weight is 203 g/mol. The Bertz CT molecular complexity index is 397. The van der Waals surface area contributed by atoms with Crippen LogP contribution in [0.15, 0.2) is 24.3 Å². The van der Waals surface area contributed by atoms with Crippen LogP contribution < -0.4 is 0 Å². The van der Waals surface area contributed by atoms with Crippen LogP contribution in [-0.2, 0) is 21.7 Å². The van der Waals surface area contributed by atoms with Gasteiger partial charge in [-0.3, -0.25) is 0 Å². The summed E-state index contributed by atoms with van der Waals surface area (Å²) in [6, 6.07) is 10.0. The van der Waals surface area contributed by atoms with Crippen molar-refractivity contribution in [1.29, 1.82) is 5.26 Å². The van der Waals surface area contributed by atoms with E-state index in [4.69, 9.17) is 9.47 Å². The maximum atomic E-state index is 9.26. The van der Waals surface area contributed by atoms with Gasteiger partial charge in [-0.25, -0.2) is 0 Å². The highest BCUT2D eigenvalue weighted by Gasteiger charge is 2.38. The van der Waals surface area contributed by atoms with E-state index in [0.717, 1.165) is 11.1 Å². The number of ether oxygens (including phenoxy) is 2. The van der Waals surface area contributed by atoms with Crippen molar-refractivity contribution in [1.82, 2.24) is 0 Å². The van der Waals surface area contributed by atoms with E-state index in [1.165, 1.54) is 0 Å². The van der Waals surface area contributed by atoms with Gasteiger partial charge in [0.15, 0.2) is 0 Å². The van der Waals surface area contributed by atoms with Crippen molar-refractivity contribution < 1.29 is 9.47 Å². The molecule has 0 saturated heterocycles. The van der Waals surface area contributed by atoms with Gasteiger partial charge in [0, 0.05) is 12.2 Å². The van der Waals surface area contributed by atoms with E-state index in [-0.39, 0.29) is 0 Å². The zero-order chi connectivity index (χ0) is 10.7. The average Bonchev–Trinajstić information content (AvgIpc) is 2.30. The minimum Gasteiger partial charge on any atom is -0.372 e. The van der Waals surface area contributed by atoms with Crippen molar-refractivity contribution in [2.75, 3.05) is 13.2 Å². The number of rotatable bonds is 2. The highest BCUT2D eigenvalue weighted by Crippen LogP contribution is 2.32. The lowest BCUT2D eigenvalue weighted by atomic mass is 9.89. The Kier molecular flexibility index (Phi) is 2.72. The summed E-state index contributed by atoms with van der Waals surface area (Å²) in [5, 5.41) is 9.26. The molecule has 1 aliphatic heterocycles. The van der Waals surface area contributed by atoms with Crippen LogP contribution in [0.25, 0.3) is 0 Å². The smallest absolute Gasteiger partial charge is 0.203 e. The Hall–Kier alpha value is -1.37. The fourth-order valence-corrected chi connectivity index (χ4v) is 1.91. The molecule has 1 aliphatic rings. The SMILES string of the molecule is CCOC1(C#N)COCc2ccccc21. The van der Waals surface area contributed by atoms with E-state index in [0.29, 0.717) is 19.8 Å². The highest BCUT2D eigenvalue weighted by atomic mass is 16.5. The number of nitrogens with zero attached hydrogens (tertiary/aromatic N) is 1. The lowest BCUT2D eigenvalue weighted by molar-refractivity contribution is -0.0803. The van der Waals surface area contributed by atoms with Gasteiger partial charge in [-0.15, -0.1) is 0 Å². The standard InChI is InChI=1S/C12H13NO2/c1-2-15-12(8-13)9-14-7-10-5-3-4-6-11(10)12/h3-6H,2,7,9H2,1H3. The quantitative estimate of drug-likeness (QED) is 0.738. The minimum atomic E-state index is -0.913. The van der Waals surface area contributed by atoms with Crippen molar-refractivity contribution >= 4 is 0 Å². The number of benzene rings is 1. The molecule has 1 atom stereocenters. The van der Waals surface area contributed by atoms with Crippen LogP contribution in [0.5, 0.6) is 0 Å². The molecule has 0 spiro atoms. The molecule has 1 aromatic rings. The van der Waals surface area contributed by atoms with Gasteiger partial charge in [0.05, 0.1) is 13.2 Å². The van der Waals surface area contributed by atoms with Crippen molar-refractivity contribution in [3.8, 4) is 6.07 Å². The first kappa shape index (κ1) is 10.2. The van der Waals surface area contributed by atoms with Gasteiger partial charge in [0.1, 0.15) is 6.07 Å². The van der Waals surface area contributed by atoms with Crippen LogP contribution in [0.4, 0.5) is 0 Å². The summed E-state index contributed by atoms with van der Waals surface area (Å²) in [6.45, 7) is 3.27. The number of hydrogen-bond acceptors (Lipinski definition) is 3. The van der Waals surface area contributed by atoms with E-state index in [2.05, 4.69) is 6.07 Å². The third-order valence-electron chi connectivity index (χ3n) is 2.59. The van der Waals surface area contributed by atoms with Crippen molar-refractivity contribution in [3.63, 3.8) is 0 Å². The molecule has 15 heavy (non-hydrogen) atoms. The normalized spacial score (nSPS) is 24.3. The van der Waals surface area contributed by atoms with Crippen molar-refractivity contribution in [3.05, 3.63) is 35.4 Å². The van der Waals surface area contributed by atoms with Crippen LogP contribution in [-0.4, -0.2) is 13.2 Å². The van der Waals surface area contributed by atoms with Crippen LogP contribution in [0, 0.1) is 11.3 Å². The number of nitriles is 1. The summed E-state index contributed by atoms with van der Waals surface area (Å²) in [4.78, 5) is 0. The minimum absolute atomic E-state index is 0.314.